The van der Waals surface area contributed by atoms with Gasteiger partial charge < -0.3 is 0 Å². The number of carbonyl (C=O) groups is 1. The number of hydrogen-bond donors (Lipinski definition) is 0. The summed E-state index contributed by atoms with van der Waals surface area (Å²) in [5.74, 6) is 1.57. The average Bonchev–Trinajstić information content (AvgIpc) is 2.43. The molecule has 0 bridgehead atoms. The maximum Gasteiger partial charge on any atom is 0.228 e. The first-order valence-electron chi connectivity index (χ1n) is 6.68. The normalized spacial score (nSPS) is 14.3. The highest BCUT2D eigenvalue weighted by atomic mass is 16.2. The lowest BCUT2D eigenvalue weighted by Crippen LogP contribution is -2.36. The van der Waals surface area contributed by atoms with Crippen LogP contribution < -0.4 is 4.90 Å². The van der Waals surface area contributed by atoms with Crippen molar-refractivity contribution in [2.24, 2.45) is 0 Å². The standard InChI is InChI=1S/C15H16N4O/c1-10-13-5-6-14(20)19(15(13)18-11(2)17-10)9-12-4-3-7-16-8-12/h3-4,7-8H,5-6,9H2,1-2H3. The second-order valence-electron chi connectivity index (χ2n) is 5.00. The molecule has 1 amide bonds. The first-order chi connectivity index (χ1) is 9.65. The van der Waals surface area contributed by atoms with Gasteiger partial charge in [-0.2, -0.15) is 0 Å². The van der Waals surface area contributed by atoms with Crippen LogP contribution in [0.15, 0.2) is 24.5 Å². The second-order valence-corrected chi connectivity index (χ2v) is 5.00. The van der Waals surface area contributed by atoms with Gasteiger partial charge in [-0.3, -0.25) is 14.7 Å². The zero-order valence-electron chi connectivity index (χ0n) is 11.6. The number of fused-ring (bicyclic) bond motifs is 1. The zero-order valence-corrected chi connectivity index (χ0v) is 11.6. The molecular formula is C15H16N4O. The van der Waals surface area contributed by atoms with E-state index in [1.807, 2.05) is 26.0 Å². The van der Waals surface area contributed by atoms with Crippen molar-refractivity contribution in [3.05, 3.63) is 47.2 Å². The molecule has 5 nitrogen and oxygen atoms in total. The molecule has 0 atom stereocenters. The lowest BCUT2D eigenvalue weighted by atomic mass is 10.0. The van der Waals surface area contributed by atoms with Crippen LogP contribution in [0.5, 0.6) is 0 Å². The van der Waals surface area contributed by atoms with Gasteiger partial charge in [0.15, 0.2) is 0 Å². The molecule has 0 saturated carbocycles. The monoisotopic (exact) mass is 268 g/mol. The molecule has 3 heterocycles. The number of carbonyl (C=O) groups excluding carboxylic acids is 1. The summed E-state index contributed by atoms with van der Waals surface area (Å²) in [6.45, 7) is 4.34. The Morgan fingerprint density at radius 3 is 2.85 bits per heavy atom. The second kappa shape index (κ2) is 5.00. The van der Waals surface area contributed by atoms with Crippen LogP contribution in [-0.2, 0) is 17.8 Å². The van der Waals surface area contributed by atoms with Crippen molar-refractivity contribution in [1.82, 2.24) is 15.0 Å². The van der Waals surface area contributed by atoms with Gasteiger partial charge in [-0.15, -0.1) is 0 Å². The third kappa shape index (κ3) is 2.27. The summed E-state index contributed by atoms with van der Waals surface area (Å²) in [6.07, 6.45) is 4.75. The number of anilines is 1. The van der Waals surface area contributed by atoms with Gasteiger partial charge in [0.2, 0.25) is 5.91 Å². The van der Waals surface area contributed by atoms with E-state index in [0.29, 0.717) is 18.8 Å². The fourth-order valence-corrected chi connectivity index (χ4v) is 2.56. The molecule has 2 aromatic rings. The Kier molecular flexibility index (Phi) is 3.18. The molecule has 1 aliphatic heterocycles. The first-order valence-corrected chi connectivity index (χ1v) is 6.68. The van der Waals surface area contributed by atoms with Crippen LogP contribution in [0.2, 0.25) is 0 Å². The molecular weight excluding hydrogens is 252 g/mol. The number of rotatable bonds is 2. The predicted octanol–water partition coefficient (Wildman–Crippen LogP) is 1.97. The van der Waals surface area contributed by atoms with E-state index in [0.717, 1.165) is 29.1 Å². The topological polar surface area (TPSA) is 59.0 Å². The lowest BCUT2D eigenvalue weighted by Gasteiger charge is -2.29. The largest absolute Gasteiger partial charge is 0.292 e. The Hall–Kier alpha value is -2.30. The highest BCUT2D eigenvalue weighted by Crippen LogP contribution is 2.28. The van der Waals surface area contributed by atoms with Gasteiger partial charge in [0, 0.05) is 30.1 Å². The number of pyridine rings is 1. The number of aromatic nitrogens is 3. The minimum absolute atomic E-state index is 0.110. The highest BCUT2D eigenvalue weighted by Gasteiger charge is 2.27. The van der Waals surface area contributed by atoms with Crippen LogP contribution in [0, 0.1) is 13.8 Å². The van der Waals surface area contributed by atoms with Gasteiger partial charge in [0.25, 0.3) is 0 Å². The van der Waals surface area contributed by atoms with Crippen molar-refractivity contribution in [3.63, 3.8) is 0 Å². The summed E-state index contributed by atoms with van der Waals surface area (Å²) in [5, 5.41) is 0. The summed E-state index contributed by atoms with van der Waals surface area (Å²) in [7, 11) is 0. The van der Waals surface area contributed by atoms with Crippen molar-refractivity contribution >= 4 is 11.7 Å². The van der Waals surface area contributed by atoms with Crippen molar-refractivity contribution in [2.75, 3.05) is 4.90 Å². The molecule has 0 unspecified atom stereocenters. The van der Waals surface area contributed by atoms with Gasteiger partial charge in [0.05, 0.1) is 6.54 Å². The van der Waals surface area contributed by atoms with Crippen LogP contribution >= 0.6 is 0 Å². The number of hydrogen-bond acceptors (Lipinski definition) is 4. The fourth-order valence-electron chi connectivity index (χ4n) is 2.56. The van der Waals surface area contributed by atoms with Crippen molar-refractivity contribution < 1.29 is 4.79 Å². The molecule has 0 aliphatic carbocycles. The van der Waals surface area contributed by atoms with Crippen LogP contribution in [0.1, 0.15) is 29.1 Å². The van der Waals surface area contributed by atoms with E-state index in [-0.39, 0.29) is 5.91 Å². The Morgan fingerprint density at radius 1 is 1.25 bits per heavy atom. The van der Waals surface area contributed by atoms with Crippen molar-refractivity contribution in [1.29, 1.82) is 0 Å². The Bertz CT molecular complexity index is 654. The molecule has 0 radical (unpaired) electrons. The third-order valence-electron chi connectivity index (χ3n) is 3.51. The smallest absolute Gasteiger partial charge is 0.228 e. The van der Waals surface area contributed by atoms with Gasteiger partial charge in [0.1, 0.15) is 11.6 Å². The molecule has 0 aromatic carbocycles. The Morgan fingerprint density at radius 2 is 2.10 bits per heavy atom. The van der Waals surface area contributed by atoms with Gasteiger partial charge >= 0.3 is 0 Å². The molecule has 1 aliphatic rings. The quantitative estimate of drug-likeness (QED) is 0.835. The molecule has 2 aromatic heterocycles. The summed E-state index contributed by atoms with van der Waals surface area (Å²) >= 11 is 0. The lowest BCUT2D eigenvalue weighted by molar-refractivity contribution is -0.119. The highest BCUT2D eigenvalue weighted by molar-refractivity contribution is 5.95. The summed E-state index contributed by atoms with van der Waals surface area (Å²) in [4.78, 5) is 26.9. The zero-order chi connectivity index (χ0) is 14.1. The molecule has 0 saturated heterocycles. The average molecular weight is 268 g/mol. The van der Waals surface area contributed by atoms with Crippen molar-refractivity contribution in [2.45, 2.75) is 33.2 Å². The molecule has 102 valence electrons. The fraction of sp³-hybridized carbons (Fsp3) is 0.333. The Balaban J connectivity index is 2.02. The van der Waals surface area contributed by atoms with E-state index < -0.39 is 0 Å². The summed E-state index contributed by atoms with van der Waals surface area (Å²) in [5.41, 5.74) is 3.05. The minimum Gasteiger partial charge on any atom is -0.292 e. The number of aryl methyl sites for hydroxylation is 2. The van der Waals surface area contributed by atoms with Crippen LogP contribution in [0.3, 0.4) is 0 Å². The predicted molar refractivity (Wildman–Crippen MR) is 75.3 cm³/mol. The van der Waals surface area contributed by atoms with Gasteiger partial charge in [-0.05, 0) is 31.9 Å². The third-order valence-corrected chi connectivity index (χ3v) is 3.51. The van der Waals surface area contributed by atoms with E-state index in [1.54, 1.807) is 17.3 Å². The summed E-state index contributed by atoms with van der Waals surface area (Å²) in [6, 6.07) is 3.84. The van der Waals surface area contributed by atoms with E-state index in [1.165, 1.54) is 0 Å². The molecule has 0 fully saturated rings. The van der Waals surface area contributed by atoms with E-state index in [9.17, 15) is 4.79 Å². The molecule has 5 heteroatoms. The molecule has 0 N–H and O–H groups in total. The van der Waals surface area contributed by atoms with E-state index in [2.05, 4.69) is 15.0 Å². The molecule has 3 rings (SSSR count). The van der Waals surface area contributed by atoms with Crippen LogP contribution in [-0.4, -0.2) is 20.9 Å². The SMILES string of the molecule is Cc1nc(C)c2c(n1)N(Cc1cccnc1)C(=O)CC2. The summed E-state index contributed by atoms with van der Waals surface area (Å²) < 4.78 is 0. The van der Waals surface area contributed by atoms with Gasteiger partial charge in [-0.1, -0.05) is 6.07 Å². The van der Waals surface area contributed by atoms with E-state index in [4.69, 9.17) is 0 Å². The molecule has 0 spiro atoms. The number of nitrogens with zero attached hydrogens (tertiary/aromatic N) is 4. The maximum atomic E-state index is 12.2. The maximum absolute atomic E-state index is 12.2. The van der Waals surface area contributed by atoms with Crippen LogP contribution in [0.4, 0.5) is 5.82 Å². The molecule has 20 heavy (non-hydrogen) atoms. The van der Waals surface area contributed by atoms with Crippen molar-refractivity contribution in [3.8, 4) is 0 Å². The Labute approximate surface area is 117 Å². The minimum atomic E-state index is 0.110. The van der Waals surface area contributed by atoms with Gasteiger partial charge in [-0.25, -0.2) is 9.97 Å². The van der Waals surface area contributed by atoms with E-state index >= 15 is 0 Å². The van der Waals surface area contributed by atoms with Crippen LogP contribution in [0.25, 0.3) is 0 Å². The number of amides is 1. The first kappa shape index (κ1) is 12.7.